The van der Waals surface area contributed by atoms with Crippen molar-refractivity contribution in [2.45, 2.75) is 6.42 Å². The molecule has 0 saturated heterocycles. The summed E-state index contributed by atoms with van der Waals surface area (Å²) in [7, 11) is 4.70. The number of ether oxygens (including phenoxy) is 3. The van der Waals surface area contributed by atoms with E-state index in [4.69, 9.17) is 14.2 Å². The molecule has 0 saturated carbocycles. The highest BCUT2D eigenvalue weighted by molar-refractivity contribution is 5.55. The molecule has 0 fully saturated rings. The number of nitrogens with zero attached hydrogens (tertiary/aromatic N) is 1. The van der Waals surface area contributed by atoms with E-state index in [1.807, 2.05) is 42.5 Å². The van der Waals surface area contributed by atoms with Crippen LogP contribution in [0.1, 0.15) is 5.56 Å². The van der Waals surface area contributed by atoms with Gasteiger partial charge in [-0.05, 0) is 29.8 Å². The van der Waals surface area contributed by atoms with Crippen LogP contribution in [0.25, 0.3) is 0 Å². The lowest BCUT2D eigenvalue weighted by Gasteiger charge is -2.14. The lowest BCUT2D eigenvalue weighted by atomic mass is 10.1. The molecule has 1 N–H and O–H groups in total. The van der Waals surface area contributed by atoms with Gasteiger partial charge in [0.25, 0.3) is 0 Å². The maximum Gasteiger partial charge on any atom is 0.203 e. The van der Waals surface area contributed by atoms with E-state index in [1.54, 1.807) is 27.5 Å². The van der Waals surface area contributed by atoms with E-state index in [0.29, 0.717) is 29.2 Å². The number of allylic oxidation sites excluding steroid dienone is 1. The Labute approximate surface area is 142 Å². The van der Waals surface area contributed by atoms with Crippen LogP contribution >= 0.6 is 0 Å². The zero-order valence-electron chi connectivity index (χ0n) is 14.0. The van der Waals surface area contributed by atoms with E-state index in [2.05, 4.69) is 11.4 Å². The van der Waals surface area contributed by atoms with Crippen LogP contribution in [-0.4, -0.2) is 21.3 Å². The molecule has 0 aliphatic carbocycles. The zero-order valence-corrected chi connectivity index (χ0v) is 14.0. The first kappa shape index (κ1) is 17.2. The van der Waals surface area contributed by atoms with Crippen LogP contribution in [-0.2, 0) is 6.42 Å². The summed E-state index contributed by atoms with van der Waals surface area (Å²) >= 11 is 0. The molecule has 0 heterocycles. The van der Waals surface area contributed by atoms with Gasteiger partial charge in [-0.1, -0.05) is 18.2 Å². The van der Waals surface area contributed by atoms with Gasteiger partial charge in [-0.2, -0.15) is 5.26 Å². The van der Waals surface area contributed by atoms with Crippen LogP contribution in [0, 0.1) is 11.3 Å². The quantitative estimate of drug-likeness (QED) is 0.785. The van der Waals surface area contributed by atoms with Gasteiger partial charge in [-0.25, -0.2) is 0 Å². The number of rotatable bonds is 7. The molecule has 5 nitrogen and oxygen atoms in total. The maximum absolute atomic E-state index is 9.37. The lowest BCUT2D eigenvalue weighted by Crippen LogP contribution is -1.99. The van der Waals surface area contributed by atoms with Crippen LogP contribution in [0.2, 0.25) is 0 Å². The fourth-order valence-electron chi connectivity index (χ4n) is 2.29. The summed E-state index contributed by atoms with van der Waals surface area (Å²) in [6.07, 6.45) is 2.16. The van der Waals surface area contributed by atoms with E-state index < -0.39 is 0 Å². The van der Waals surface area contributed by atoms with E-state index in [0.717, 1.165) is 11.3 Å². The molecule has 0 bridgehead atoms. The third-order valence-electron chi connectivity index (χ3n) is 3.45. The van der Waals surface area contributed by atoms with Crippen molar-refractivity contribution in [2.24, 2.45) is 0 Å². The highest BCUT2D eigenvalue weighted by Gasteiger charge is 2.13. The van der Waals surface area contributed by atoms with Gasteiger partial charge in [-0.3, -0.25) is 0 Å². The highest BCUT2D eigenvalue weighted by atomic mass is 16.5. The third kappa shape index (κ3) is 4.20. The van der Waals surface area contributed by atoms with Gasteiger partial charge in [-0.15, -0.1) is 0 Å². The Hall–Kier alpha value is -3.13. The summed E-state index contributed by atoms with van der Waals surface area (Å²) < 4.78 is 16.0. The first-order valence-corrected chi connectivity index (χ1v) is 7.41. The fourth-order valence-corrected chi connectivity index (χ4v) is 2.29. The fraction of sp³-hybridized carbons (Fsp3) is 0.211. The summed E-state index contributed by atoms with van der Waals surface area (Å²) in [5, 5.41) is 12.5. The minimum Gasteiger partial charge on any atom is -0.493 e. The topological polar surface area (TPSA) is 63.5 Å². The minimum absolute atomic E-state index is 0.451. The molecule has 0 aliphatic rings. The molecule has 0 amide bonds. The van der Waals surface area contributed by atoms with Crippen molar-refractivity contribution < 1.29 is 14.2 Å². The molecule has 0 spiro atoms. The van der Waals surface area contributed by atoms with Crippen molar-refractivity contribution in [3.8, 4) is 23.3 Å². The second kappa shape index (κ2) is 8.49. The minimum atomic E-state index is 0.451. The smallest absolute Gasteiger partial charge is 0.203 e. The van der Waals surface area contributed by atoms with E-state index in [1.165, 1.54) is 0 Å². The first-order chi connectivity index (χ1) is 11.7. The van der Waals surface area contributed by atoms with Crippen LogP contribution in [0.15, 0.2) is 54.2 Å². The van der Waals surface area contributed by atoms with Gasteiger partial charge in [0.05, 0.1) is 27.4 Å². The molecule has 0 aliphatic heterocycles. The van der Waals surface area contributed by atoms with Crippen molar-refractivity contribution in [1.82, 2.24) is 0 Å². The number of nitrogens with one attached hydrogen (secondary N) is 1. The molecule has 0 radical (unpaired) electrons. The van der Waals surface area contributed by atoms with Crippen molar-refractivity contribution >= 4 is 5.69 Å². The van der Waals surface area contributed by atoms with Crippen molar-refractivity contribution in [2.75, 3.05) is 26.6 Å². The Morgan fingerprint density at radius 1 is 1.04 bits per heavy atom. The SMILES string of the molecule is COc1cc(C/C(C#N)=C\Nc2ccccc2)cc(OC)c1OC. The normalized spacial score (nSPS) is 10.7. The van der Waals surface area contributed by atoms with Crippen molar-refractivity contribution in [1.29, 1.82) is 5.26 Å². The second-order valence-electron chi connectivity index (χ2n) is 5.00. The molecule has 0 unspecified atom stereocenters. The van der Waals surface area contributed by atoms with E-state index >= 15 is 0 Å². The van der Waals surface area contributed by atoms with Gasteiger partial charge in [0.1, 0.15) is 0 Å². The number of hydrogen-bond acceptors (Lipinski definition) is 5. The second-order valence-corrected chi connectivity index (χ2v) is 5.00. The number of para-hydroxylation sites is 1. The van der Waals surface area contributed by atoms with E-state index in [-0.39, 0.29) is 0 Å². The number of hydrogen-bond donors (Lipinski definition) is 1. The molecule has 24 heavy (non-hydrogen) atoms. The van der Waals surface area contributed by atoms with Gasteiger partial charge >= 0.3 is 0 Å². The summed E-state index contributed by atoms with van der Waals surface area (Å²) in [4.78, 5) is 0. The molecule has 2 aromatic carbocycles. The van der Waals surface area contributed by atoms with Gasteiger partial charge in [0.2, 0.25) is 5.75 Å². The Morgan fingerprint density at radius 3 is 2.17 bits per heavy atom. The first-order valence-electron chi connectivity index (χ1n) is 7.41. The van der Waals surface area contributed by atoms with E-state index in [9.17, 15) is 5.26 Å². The van der Waals surface area contributed by atoms with Crippen molar-refractivity contribution in [3.63, 3.8) is 0 Å². The molecule has 5 heteroatoms. The summed E-state index contributed by atoms with van der Waals surface area (Å²) in [5.74, 6) is 1.67. The number of methoxy groups -OCH3 is 3. The number of nitriles is 1. The largest absolute Gasteiger partial charge is 0.493 e. The molecule has 0 atom stereocenters. The van der Waals surface area contributed by atoms with Crippen LogP contribution in [0.5, 0.6) is 17.2 Å². The molecule has 2 aromatic rings. The van der Waals surface area contributed by atoms with Crippen LogP contribution < -0.4 is 19.5 Å². The Bertz CT molecular complexity index is 724. The van der Waals surface area contributed by atoms with Crippen LogP contribution in [0.3, 0.4) is 0 Å². The standard InChI is InChI=1S/C19H20N2O3/c1-22-17-10-14(11-18(23-2)19(17)24-3)9-15(12-20)13-21-16-7-5-4-6-8-16/h4-8,10-11,13,21H,9H2,1-3H3/b15-13+. The number of anilines is 1. The molecular weight excluding hydrogens is 304 g/mol. The predicted octanol–water partition coefficient (Wildman–Crippen LogP) is 3.77. The molecule has 0 aromatic heterocycles. The average Bonchev–Trinajstić information content (AvgIpc) is 2.64. The monoisotopic (exact) mass is 324 g/mol. The van der Waals surface area contributed by atoms with Gasteiger partial charge < -0.3 is 19.5 Å². The predicted molar refractivity (Wildman–Crippen MR) is 93.6 cm³/mol. The molecule has 2 rings (SSSR count). The molecule has 124 valence electrons. The molecular formula is C19H20N2O3. The maximum atomic E-state index is 9.37. The summed E-state index contributed by atoms with van der Waals surface area (Å²) in [6, 6.07) is 15.6. The van der Waals surface area contributed by atoms with Gasteiger partial charge in [0.15, 0.2) is 11.5 Å². The summed E-state index contributed by atoms with van der Waals surface area (Å²) in [6.45, 7) is 0. The third-order valence-corrected chi connectivity index (χ3v) is 3.45. The zero-order chi connectivity index (χ0) is 17.4. The lowest BCUT2D eigenvalue weighted by molar-refractivity contribution is 0.324. The highest BCUT2D eigenvalue weighted by Crippen LogP contribution is 2.38. The Balaban J connectivity index is 2.23. The Kier molecular flexibility index (Phi) is 6.09. The van der Waals surface area contributed by atoms with Crippen molar-refractivity contribution in [3.05, 3.63) is 59.8 Å². The number of benzene rings is 2. The summed E-state index contributed by atoms with van der Waals surface area (Å²) in [5.41, 5.74) is 2.41. The van der Waals surface area contributed by atoms with Crippen LogP contribution in [0.4, 0.5) is 5.69 Å². The average molecular weight is 324 g/mol. The van der Waals surface area contributed by atoms with Gasteiger partial charge in [0, 0.05) is 23.9 Å². The Morgan fingerprint density at radius 2 is 1.67 bits per heavy atom.